The van der Waals surface area contributed by atoms with Crippen molar-refractivity contribution in [1.29, 1.82) is 0 Å². The fraction of sp³-hybridized carbons (Fsp3) is 0.350. The van der Waals surface area contributed by atoms with Gasteiger partial charge in [0.15, 0.2) is 5.78 Å². The van der Waals surface area contributed by atoms with Gasteiger partial charge in [0.2, 0.25) is 0 Å². The fourth-order valence-corrected chi connectivity index (χ4v) is 4.50. The van der Waals surface area contributed by atoms with E-state index in [1.807, 2.05) is 24.3 Å². The molecular formula is C20H22NO3+. The van der Waals surface area contributed by atoms with Crippen molar-refractivity contribution in [1.82, 2.24) is 0 Å². The fourth-order valence-electron chi connectivity index (χ4n) is 4.50. The average molecular weight is 324 g/mol. The first-order valence-corrected chi connectivity index (χ1v) is 8.61. The Morgan fingerprint density at radius 1 is 0.792 bits per heavy atom. The Hall–Kier alpha value is -2.33. The first-order valence-electron chi connectivity index (χ1n) is 8.61. The molecule has 2 bridgehead atoms. The van der Waals surface area contributed by atoms with Crippen LogP contribution in [0.1, 0.15) is 42.5 Å². The molecule has 2 aromatic carbocycles. The highest BCUT2D eigenvalue weighted by molar-refractivity contribution is 5.86. The molecule has 124 valence electrons. The predicted molar refractivity (Wildman–Crippen MR) is 89.5 cm³/mol. The molecule has 1 aliphatic heterocycles. The lowest BCUT2D eigenvalue weighted by atomic mass is 9.67. The van der Waals surface area contributed by atoms with Crippen LogP contribution < -0.4 is 5.32 Å². The number of phenols is 2. The highest BCUT2D eigenvalue weighted by Crippen LogP contribution is 2.44. The van der Waals surface area contributed by atoms with E-state index in [1.54, 1.807) is 24.3 Å². The van der Waals surface area contributed by atoms with E-state index >= 15 is 0 Å². The van der Waals surface area contributed by atoms with E-state index in [4.69, 9.17) is 0 Å². The molecule has 2 aliphatic rings. The van der Waals surface area contributed by atoms with Crippen LogP contribution >= 0.6 is 0 Å². The summed E-state index contributed by atoms with van der Waals surface area (Å²) in [4.78, 5) is 13.0. The number of rotatable bonds is 2. The zero-order valence-electron chi connectivity index (χ0n) is 13.4. The maximum Gasteiger partial charge on any atom is 0.151 e. The van der Waals surface area contributed by atoms with Gasteiger partial charge >= 0.3 is 0 Å². The first kappa shape index (κ1) is 15.2. The number of nitrogens with two attached hydrogens (primary N) is 1. The highest BCUT2D eigenvalue weighted by Gasteiger charge is 2.50. The van der Waals surface area contributed by atoms with Crippen LogP contribution in [0, 0.1) is 11.8 Å². The second-order valence-electron chi connectivity index (χ2n) is 6.91. The third-order valence-corrected chi connectivity index (χ3v) is 5.63. The Labute approximate surface area is 141 Å². The Morgan fingerprint density at radius 3 is 1.71 bits per heavy atom. The van der Waals surface area contributed by atoms with Crippen LogP contribution in [0.25, 0.3) is 0 Å². The van der Waals surface area contributed by atoms with Crippen molar-refractivity contribution < 1.29 is 20.3 Å². The van der Waals surface area contributed by atoms with Crippen molar-refractivity contribution in [2.75, 3.05) is 0 Å². The topological polar surface area (TPSA) is 74.1 Å². The van der Waals surface area contributed by atoms with E-state index in [0.29, 0.717) is 0 Å². The van der Waals surface area contributed by atoms with E-state index < -0.39 is 0 Å². The van der Waals surface area contributed by atoms with Gasteiger partial charge < -0.3 is 15.5 Å². The van der Waals surface area contributed by atoms with Crippen LogP contribution in [0.3, 0.4) is 0 Å². The number of carbonyl (C=O) groups excluding carboxylic acids is 1. The summed E-state index contributed by atoms with van der Waals surface area (Å²) < 4.78 is 0. The molecule has 2 aromatic rings. The van der Waals surface area contributed by atoms with Gasteiger partial charge in [-0.25, -0.2) is 0 Å². The number of quaternary nitrogens is 1. The van der Waals surface area contributed by atoms with Crippen LogP contribution in [0.4, 0.5) is 0 Å². The number of hydrogen-bond acceptors (Lipinski definition) is 3. The maximum absolute atomic E-state index is 13.0. The van der Waals surface area contributed by atoms with E-state index in [0.717, 1.165) is 30.4 Å². The molecule has 0 spiro atoms. The lowest BCUT2D eigenvalue weighted by molar-refractivity contribution is -0.750. The van der Waals surface area contributed by atoms with Gasteiger partial charge in [-0.2, -0.15) is 0 Å². The second-order valence-corrected chi connectivity index (χ2v) is 6.91. The van der Waals surface area contributed by atoms with Crippen molar-refractivity contribution >= 4 is 5.78 Å². The highest BCUT2D eigenvalue weighted by atomic mass is 16.3. The van der Waals surface area contributed by atoms with Crippen molar-refractivity contribution in [3.63, 3.8) is 0 Å². The van der Waals surface area contributed by atoms with Crippen LogP contribution in [0.2, 0.25) is 0 Å². The lowest BCUT2D eigenvalue weighted by Crippen LogP contribution is -2.92. The maximum atomic E-state index is 13.0. The van der Waals surface area contributed by atoms with Gasteiger partial charge in [-0.1, -0.05) is 30.7 Å². The average Bonchev–Trinajstić information content (AvgIpc) is 2.57. The molecule has 24 heavy (non-hydrogen) atoms. The molecular weight excluding hydrogens is 302 g/mol. The molecule has 4 N–H and O–H groups in total. The molecule has 2 fully saturated rings. The summed E-state index contributed by atoms with van der Waals surface area (Å²) in [7, 11) is 0. The molecule has 4 nitrogen and oxygen atoms in total. The monoisotopic (exact) mass is 324 g/mol. The van der Waals surface area contributed by atoms with E-state index in [2.05, 4.69) is 5.32 Å². The molecule has 1 saturated heterocycles. The second kappa shape index (κ2) is 5.95. The van der Waals surface area contributed by atoms with Crippen LogP contribution in [-0.2, 0) is 4.79 Å². The number of fused-ring (bicyclic) bond motifs is 2. The van der Waals surface area contributed by atoms with Crippen LogP contribution in [0.15, 0.2) is 48.5 Å². The van der Waals surface area contributed by atoms with Gasteiger partial charge in [-0.3, -0.25) is 4.79 Å². The van der Waals surface area contributed by atoms with Gasteiger partial charge in [0.1, 0.15) is 23.6 Å². The van der Waals surface area contributed by atoms with Crippen molar-refractivity contribution in [3.05, 3.63) is 59.7 Å². The van der Waals surface area contributed by atoms with Gasteiger partial charge in [0, 0.05) is 0 Å². The quantitative estimate of drug-likeness (QED) is 0.794. The Bertz CT molecular complexity index is 711. The molecule has 1 aliphatic carbocycles. The molecule has 4 rings (SSSR count). The van der Waals surface area contributed by atoms with Crippen LogP contribution in [0.5, 0.6) is 11.5 Å². The first-order chi connectivity index (χ1) is 11.7. The summed E-state index contributed by atoms with van der Waals surface area (Å²) in [6.45, 7) is 0. The minimum atomic E-state index is -0.0974. The smallest absolute Gasteiger partial charge is 0.151 e. The Morgan fingerprint density at radius 2 is 1.25 bits per heavy atom. The normalized spacial score (nSPS) is 29.4. The lowest BCUT2D eigenvalue weighted by Gasteiger charge is -2.42. The summed E-state index contributed by atoms with van der Waals surface area (Å²) in [5.74, 6) is 0.654. The zero-order chi connectivity index (χ0) is 16.7. The molecule has 0 unspecified atom stereocenters. The number of benzene rings is 2. The van der Waals surface area contributed by atoms with Crippen molar-refractivity contribution in [2.24, 2.45) is 11.8 Å². The molecule has 0 radical (unpaired) electrons. The third-order valence-electron chi connectivity index (χ3n) is 5.63. The van der Waals surface area contributed by atoms with E-state index in [1.165, 1.54) is 0 Å². The summed E-state index contributed by atoms with van der Waals surface area (Å²) in [5, 5.41) is 22.7. The Kier molecular flexibility index (Phi) is 3.77. The Balaban J connectivity index is 1.78. The summed E-state index contributed by atoms with van der Waals surface area (Å²) in [6, 6.07) is 14.4. The number of phenolic OH excluding ortho intramolecular Hbond substituents is 2. The number of Topliss-reactive ketones (excluding diaryl/α,β-unsaturated/α-hetero) is 1. The van der Waals surface area contributed by atoms with Gasteiger partial charge in [-0.15, -0.1) is 0 Å². The largest absolute Gasteiger partial charge is 0.507 e. The number of ketones is 1. The third kappa shape index (κ3) is 2.38. The number of aromatic hydroxyl groups is 2. The van der Waals surface area contributed by atoms with Crippen molar-refractivity contribution in [3.8, 4) is 11.5 Å². The standard InChI is InChI=1S/C20H21NO3/c22-16-10-3-1-6-12(16)18-14-8-5-9-15(20(14)24)19(21-18)13-7-2-4-11-17(13)23/h1-4,6-7,10-11,14-15,18-19,21-23H,5,8-9H2/p+1/t14-,15+,18-,19-/m0/s1. The van der Waals surface area contributed by atoms with Crippen LogP contribution in [-0.4, -0.2) is 16.0 Å². The number of para-hydroxylation sites is 2. The number of carbonyl (C=O) groups is 1. The van der Waals surface area contributed by atoms with Crippen molar-refractivity contribution in [2.45, 2.75) is 31.3 Å². The van der Waals surface area contributed by atoms with E-state index in [-0.39, 0.29) is 41.2 Å². The molecule has 0 amide bonds. The van der Waals surface area contributed by atoms with Gasteiger partial charge in [0.25, 0.3) is 0 Å². The van der Waals surface area contributed by atoms with Gasteiger partial charge in [0.05, 0.1) is 23.0 Å². The number of piperidine rings is 1. The zero-order valence-corrected chi connectivity index (χ0v) is 13.4. The SMILES string of the molecule is O=C1[C@H]2CCC[C@@H]1[C@H](c1ccccc1O)[NH2+][C@H]2c1ccccc1O. The minimum Gasteiger partial charge on any atom is -0.507 e. The molecule has 4 heteroatoms. The summed E-state index contributed by atoms with van der Waals surface area (Å²) in [6.07, 6.45) is 2.76. The molecule has 1 saturated carbocycles. The summed E-state index contributed by atoms with van der Waals surface area (Å²) in [5.41, 5.74) is 1.63. The molecule has 4 atom stereocenters. The summed E-state index contributed by atoms with van der Waals surface area (Å²) >= 11 is 0. The minimum absolute atomic E-state index is 0.0563. The molecule has 1 heterocycles. The molecule has 0 aromatic heterocycles. The number of hydrogen-bond donors (Lipinski definition) is 3. The van der Waals surface area contributed by atoms with E-state index in [9.17, 15) is 15.0 Å². The van der Waals surface area contributed by atoms with Gasteiger partial charge in [-0.05, 0) is 37.1 Å². The predicted octanol–water partition coefficient (Wildman–Crippen LogP) is 2.44.